The first-order valence-corrected chi connectivity index (χ1v) is 5.20. The van der Waals surface area contributed by atoms with Crippen molar-refractivity contribution in [1.29, 1.82) is 5.26 Å². The Morgan fingerprint density at radius 1 is 1.56 bits per heavy atom. The van der Waals surface area contributed by atoms with Crippen LogP contribution in [0.4, 0.5) is 0 Å². The van der Waals surface area contributed by atoms with Crippen molar-refractivity contribution in [3.05, 3.63) is 23.2 Å². The molecule has 6 heteroatoms. The summed E-state index contributed by atoms with van der Waals surface area (Å²) in [6, 6.07) is 1.95. The molecule has 1 rings (SSSR count). The Balaban J connectivity index is 2.82. The van der Waals surface area contributed by atoms with E-state index in [2.05, 4.69) is 9.97 Å². The quantitative estimate of drug-likeness (QED) is 0.746. The number of halogens is 1. The molecule has 0 atom stereocenters. The van der Waals surface area contributed by atoms with Crippen LogP contribution >= 0.6 is 11.6 Å². The molecule has 0 aliphatic heterocycles. The highest BCUT2D eigenvalue weighted by Crippen LogP contribution is 2.05. The van der Waals surface area contributed by atoms with Gasteiger partial charge in [-0.2, -0.15) is 5.26 Å². The number of hydrogen-bond donors (Lipinski definition) is 0. The molecule has 0 fully saturated rings. The van der Waals surface area contributed by atoms with Crippen LogP contribution < -0.4 is 0 Å². The summed E-state index contributed by atoms with van der Waals surface area (Å²) in [7, 11) is 0. The molecule has 5 nitrogen and oxygen atoms in total. The molecule has 1 heterocycles. The molecule has 0 spiro atoms. The van der Waals surface area contributed by atoms with Gasteiger partial charge in [-0.3, -0.25) is 4.79 Å². The molecule has 0 bridgehead atoms. The number of carbonyl (C=O) groups is 1. The molecule has 16 heavy (non-hydrogen) atoms. The molecule has 1 aromatic heterocycles. The zero-order valence-electron chi connectivity index (χ0n) is 8.85. The molecule has 84 valence electrons. The third kappa shape index (κ3) is 3.17. The minimum Gasteiger partial charge on any atom is -0.324 e. The molecule has 0 unspecified atom stereocenters. The number of nitrogens with zero attached hydrogens (tertiary/aromatic N) is 4. The van der Waals surface area contributed by atoms with Crippen LogP contribution in [-0.2, 0) is 0 Å². The van der Waals surface area contributed by atoms with Crippen LogP contribution in [0.25, 0.3) is 0 Å². The van der Waals surface area contributed by atoms with Crippen molar-refractivity contribution in [2.45, 2.75) is 13.3 Å². The summed E-state index contributed by atoms with van der Waals surface area (Å²) < 4.78 is 0. The van der Waals surface area contributed by atoms with Crippen molar-refractivity contribution in [2.75, 3.05) is 13.1 Å². The van der Waals surface area contributed by atoms with E-state index in [-0.39, 0.29) is 23.3 Å². The molecule has 0 aliphatic rings. The lowest BCUT2D eigenvalue weighted by atomic mass is 10.3. The maximum atomic E-state index is 11.9. The van der Waals surface area contributed by atoms with Gasteiger partial charge in [0.05, 0.1) is 18.5 Å². The first-order valence-electron chi connectivity index (χ1n) is 4.82. The largest absolute Gasteiger partial charge is 0.324 e. The van der Waals surface area contributed by atoms with E-state index in [9.17, 15) is 4.79 Å². The normalized spacial score (nSPS) is 9.56. The van der Waals surface area contributed by atoms with Crippen molar-refractivity contribution in [1.82, 2.24) is 14.9 Å². The molecular weight excluding hydrogens is 228 g/mol. The van der Waals surface area contributed by atoms with E-state index >= 15 is 0 Å². The number of nitriles is 1. The Labute approximate surface area is 98.7 Å². The van der Waals surface area contributed by atoms with Gasteiger partial charge in [-0.15, -0.1) is 0 Å². The van der Waals surface area contributed by atoms with Gasteiger partial charge in [-0.1, -0.05) is 18.5 Å². The van der Waals surface area contributed by atoms with Crippen molar-refractivity contribution >= 4 is 17.5 Å². The number of rotatable bonds is 4. The second kappa shape index (κ2) is 6.03. The average molecular weight is 239 g/mol. The van der Waals surface area contributed by atoms with Gasteiger partial charge in [-0.05, 0) is 6.42 Å². The summed E-state index contributed by atoms with van der Waals surface area (Å²) in [5, 5.41) is 8.84. The third-order valence-electron chi connectivity index (χ3n) is 1.88. The molecule has 1 aromatic rings. The van der Waals surface area contributed by atoms with Crippen LogP contribution in [0.2, 0.25) is 5.15 Å². The molecule has 0 saturated carbocycles. The Morgan fingerprint density at radius 3 is 2.81 bits per heavy atom. The summed E-state index contributed by atoms with van der Waals surface area (Å²) in [4.78, 5) is 20.9. The highest BCUT2D eigenvalue weighted by molar-refractivity contribution is 6.29. The van der Waals surface area contributed by atoms with E-state index in [0.29, 0.717) is 6.54 Å². The van der Waals surface area contributed by atoms with Crippen LogP contribution in [0.15, 0.2) is 12.4 Å². The smallest absolute Gasteiger partial charge is 0.274 e. The molecular formula is C10H11ClN4O. The molecule has 0 radical (unpaired) electrons. The third-order valence-corrected chi connectivity index (χ3v) is 2.08. The number of amides is 1. The highest BCUT2D eigenvalue weighted by Gasteiger charge is 2.16. The van der Waals surface area contributed by atoms with Crippen LogP contribution in [-0.4, -0.2) is 33.9 Å². The first-order chi connectivity index (χ1) is 7.69. The van der Waals surface area contributed by atoms with Gasteiger partial charge in [0, 0.05) is 6.54 Å². The number of aromatic nitrogens is 2. The monoisotopic (exact) mass is 238 g/mol. The lowest BCUT2D eigenvalue weighted by molar-refractivity contribution is 0.0770. The van der Waals surface area contributed by atoms with Crippen molar-refractivity contribution in [2.24, 2.45) is 0 Å². The number of hydrogen-bond acceptors (Lipinski definition) is 4. The van der Waals surface area contributed by atoms with Gasteiger partial charge in [0.25, 0.3) is 5.91 Å². The summed E-state index contributed by atoms with van der Waals surface area (Å²) in [6.45, 7) is 2.51. The predicted octanol–water partition coefficient (Wildman–Crippen LogP) is 1.51. The van der Waals surface area contributed by atoms with Crippen LogP contribution in [0, 0.1) is 11.3 Å². The van der Waals surface area contributed by atoms with Gasteiger partial charge in [0.2, 0.25) is 0 Å². The minimum absolute atomic E-state index is 0.0526. The Kier molecular flexibility index (Phi) is 4.67. The molecule has 0 saturated heterocycles. The van der Waals surface area contributed by atoms with Crippen LogP contribution in [0.5, 0.6) is 0 Å². The van der Waals surface area contributed by atoms with Gasteiger partial charge < -0.3 is 4.90 Å². The summed E-state index contributed by atoms with van der Waals surface area (Å²) in [6.07, 6.45) is 3.41. The van der Waals surface area contributed by atoms with E-state index in [1.807, 2.05) is 13.0 Å². The predicted molar refractivity (Wildman–Crippen MR) is 58.8 cm³/mol. The van der Waals surface area contributed by atoms with Gasteiger partial charge in [0.15, 0.2) is 0 Å². The highest BCUT2D eigenvalue weighted by atomic mass is 35.5. The van der Waals surface area contributed by atoms with Crippen LogP contribution in [0.3, 0.4) is 0 Å². The maximum absolute atomic E-state index is 11.9. The summed E-state index contributed by atoms with van der Waals surface area (Å²) in [5.74, 6) is -0.299. The lowest BCUT2D eigenvalue weighted by Crippen LogP contribution is -2.32. The van der Waals surface area contributed by atoms with E-state index < -0.39 is 0 Å². The lowest BCUT2D eigenvalue weighted by Gasteiger charge is -2.17. The fourth-order valence-corrected chi connectivity index (χ4v) is 1.29. The van der Waals surface area contributed by atoms with E-state index in [1.54, 1.807) is 0 Å². The number of carbonyl (C=O) groups excluding carboxylic acids is 1. The summed E-state index contributed by atoms with van der Waals surface area (Å²) in [5.41, 5.74) is 0.202. The Hall–Kier alpha value is -1.67. The topological polar surface area (TPSA) is 69.9 Å². The van der Waals surface area contributed by atoms with Crippen molar-refractivity contribution in [3.8, 4) is 6.07 Å². The SMILES string of the molecule is CCCN(CC#N)C(=O)c1cnc(Cl)cn1. The van der Waals surface area contributed by atoms with Crippen LogP contribution in [0.1, 0.15) is 23.8 Å². The minimum atomic E-state index is -0.299. The molecule has 0 aliphatic carbocycles. The van der Waals surface area contributed by atoms with Gasteiger partial charge >= 0.3 is 0 Å². The maximum Gasteiger partial charge on any atom is 0.274 e. The van der Waals surface area contributed by atoms with E-state index in [1.165, 1.54) is 17.3 Å². The van der Waals surface area contributed by atoms with Gasteiger partial charge in [-0.25, -0.2) is 9.97 Å². The zero-order valence-corrected chi connectivity index (χ0v) is 9.61. The second-order valence-corrected chi connectivity index (χ2v) is 3.50. The standard InChI is InChI=1S/C10H11ClN4O/c1-2-4-15(5-3-12)10(16)8-6-14-9(11)7-13-8/h6-7H,2,4-5H2,1H3. The van der Waals surface area contributed by atoms with E-state index in [4.69, 9.17) is 16.9 Å². The molecule has 1 amide bonds. The molecule has 0 N–H and O–H groups in total. The molecule has 0 aromatic carbocycles. The van der Waals surface area contributed by atoms with Crippen molar-refractivity contribution in [3.63, 3.8) is 0 Å². The first kappa shape index (κ1) is 12.4. The van der Waals surface area contributed by atoms with E-state index in [0.717, 1.165) is 6.42 Å². The van der Waals surface area contributed by atoms with Gasteiger partial charge in [0.1, 0.15) is 17.4 Å². The fourth-order valence-electron chi connectivity index (χ4n) is 1.19. The Bertz CT molecular complexity index is 398. The second-order valence-electron chi connectivity index (χ2n) is 3.11. The average Bonchev–Trinajstić information content (AvgIpc) is 2.29. The Morgan fingerprint density at radius 2 is 2.31 bits per heavy atom. The zero-order chi connectivity index (χ0) is 12.0. The van der Waals surface area contributed by atoms with Crippen molar-refractivity contribution < 1.29 is 4.79 Å². The fraction of sp³-hybridized carbons (Fsp3) is 0.400. The summed E-state index contributed by atoms with van der Waals surface area (Å²) >= 11 is 5.57.